The van der Waals surface area contributed by atoms with Crippen LogP contribution in [-0.4, -0.2) is 24.1 Å². The molecule has 2 aromatic rings. The Kier molecular flexibility index (Phi) is 10.1. The van der Waals surface area contributed by atoms with E-state index < -0.39 is 0 Å². The molecular formula is C29H40O4. The minimum absolute atomic E-state index is 0.0715. The van der Waals surface area contributed by atoms with Gasteiger partial charge in [-0.2, -0.15) is 0 Å². The third kappa shape index (κ3) is 7.18. The molecule has 0 saturated heterocycles. The molecule has 2 atom stereocenters. The quantitative estimate of drug-likeness (QED) is 0.331. The Morgan fingerprint density at radius 2 is 0.939 bits per heavy atom. The summed E-state index contributed by atoms with van der Waals surface area (Å²) in [4.78, 5) is 25.7. The van der Waals surface area contributed by atoms with Crippen LogP contribution in [0.1, 0.15) is 111 Å². The molecule has 0 radical (unpaired) electrons. The summed E-state index contributed by atoms with van der Waals surface area (Å²) in [5, 5.41) is 0. The number of rotatable bonds is 11. The standard InChI is InChI=1S/C29H40O4/c1-8-25(26(9-2)32-28(30)23-15-11-21(12-16-23)19(4)5)27(10-3)33-29(31)24-17-13-22(14-18-24)20(6)7/h11-20,25-27H,8-10H2,1-7H3. The summed E-state index contributed by atoms with van der Waals surface area (Å²) in [6.45, 7) is 14.5. The van der Waals surface area contributed by atoms with Gasteiger partial charge in [0.2, 0.25) is 0 Å². The summed E-state index contributed by atoms with van der Waals surface area (Å²) in [7, 11) is 0. The van der Waals surface area contributed by atoms with Gasteiger partial charge in [-0.15, -0.1) is 0 Å². The average Bonchev–Trinajstić information content (AvgIpc) is 2.82. The van der Waals surface area contributed by atoms with Crippen LogP contribution in [0.25, 0.3) is 0 Å². The molecule has 0 amide bonds. The third-order valence-corrected chi connectivity index (χ3v) is 6.37. The Balaban J connectivity index is 2.10. The molecule has 0 heterocycles. The highest BCUT2D eigenvalue weighted by Gasteiger charge is 2.32. The zero-order valence-electron chi connectivity index (χ0n) is 21.3. The number of ether oxygens (including phenoxy) is 2. The molecule has 0 saturated carbocycles. The van der Waals surface area contributed by atoms with Crippen LogP contribution < -0.4 is 0 Å². The lowest BCUT2D eigenvalue weighted by atomic mass is 9.89. The Labute approximate surface area is 199 Å². The molecule has 4 heteroatoms. The SMILES string of the molecule is CCC(OC(=O)c1ccc(C(C)C)cc1)C(CC)C(CC)OC(=O)c1ccc(C(C)C)cc1. The second-order valence-electron chi connectivity index (χ2n) is 9.33. The second kappa shape index (κ2) is 12.6. The fourth-order valence-electron chi connectivity index (χ4n) is 4.13. The Morgan fingerprint density at radius 1 is 0.606 bits per heavy atom. The van der Waals surface area contributed by atoms with E-state index >= 15 is 0 Å². The van der Waals surface area contributed by atoms with Crippen molar-refractivity contribution in [2.45, 2.75) is 91.8 Å². The topological polar surface area (TPSA) is 52.6 Å². The number of benzene rings is 2. The van der Waals surface area contributed by atoms with Gasteiger partial charge < -0.3 is 9.47 Å². The molecule has 0 aromatic heterocycles. The summed E-state index contributed by atoms with van der Waals surface area (Å²) < 4.78 is 11.8. The molecule has 2 unspecified atom stereocenters. The van der Waals surface area contributed by atoms with E-state index in [-0.39, 0.29) is 30.1 Å². The number of hydrogen-bond donors (Lipinski definition) is 0. The monoisotopic (exact) mass is 452 g/mol. The van der Waals surface area contributed by atoms with Gasteiger partial charge in [-0.1, -0.05) is 72.7 Å². The van der Waals surface area contributed by atoms with Crippen molar-refractivity contribution >= 4 is 11.9 Å². The summed E-state index contributed by atoms with van der Waals surface area (Å²) in [6, 6.07) is 15.2. The second-order valence-corrected chi connectivity index (χ2v) is 9.33. The smallest absolute Gasteiger partial charge is 0.338 e. The van der Waals surface area contributed by atoms with Crippen molar-refractivity contribution in [3.8, 4) is 0 Å². The predicted molar refractivity (Wildman–Crippen MR) is 134 cm³/mol. The van der Waals surface area contributed by atoms with Crippen molar-refractivity contribution in [1.82, 2.24) is 0 Å². The van der Waals surface area contributed by atoms with Crippen LogP contribution in [0, 0.1) is 5.92 Å². The van der Waals surface area contributed by atoms with Crippen molar-refractivity contribution in [3.63, 3.8) is 0 Å². The number of carbonyl (C=O) groups is 2. The van der Waals surface area contributed by atoms with Crippen LogP contribution in [0.4, 0.5) is 0 Å². The van der Waals surface area contributed by atoms with E-state index in [1.54, 1.807) is 0 Å². The zero-order valence-corrected chi connectivity index (χ0v) is 21.3. The molecule has 0 aliphatic carbocycles. The van der Waals surface area contributed by atoms with Gasteiger partial charge in [0.25, 0.3) is 0 Å². The molecule has 2 rings (SSSR count). The van der Waals surface area contributed by atoms with E-state index in [1.807, 2.05) is 69.3 Å². The van der Waals surface area contributed by atoms with Crippen LogP contribution in [0.2, 0.25) is 0 Å². The number of carbonyl (C=O) groups excluding carboxylic acids is 2. The van der Waals surface area contributed by atoms with Crippen molar-refractivity contribution in [2.24, 2.45) is 5.92 Å². The summed E-state index contributed by atoms with van der Waals surface area (Å²) in [6.07, 6.45) is 1.41. The van der Waals surface area contributed by atoms with Gasteiger partial charge in [-0.3, -0.25) is 0 Å². The van der Waals surface area contributed by atoms with Gasteiger partial charge in [0.1, 0.15) is 12.2 Å². The van der Waals surface area contributed by atoms with E-state index in [9.17, 15) is 9.59 Å². The van der Waals surface area contributed by atoms with Crippen molar-refractivity contribution < 1.29 is 19.1 Å². The Bertz CT molecular complexity index is 807. The maximum Gasteiger partial charge on any atom is 0.338 e. The molecule has 0 spiro atoms. The maximum atomic E-state index is 12.8. The van der Waals surface area contributed by atoms with Gasteiger partial charge in [0.15, 0.2) is 0 Å². The third-order valence-electron chi connectivity index (χ3n) is 6.37. The normalized spacial score (nSPS) is 14.1. The van der Waals surface area contributed by atoms with Crippen LogP contribution in [0.5, 0.6) is 0 Å². The van der Waals surface area contributed by atoms with Gasteiger partial charge in [0.05, 0.1) is 11.1 Å². The van der Waals surface area contributed by atoms with Crippen LogP contribution in [0.15, 0.2) is 48.5 Å². The first-order valence-electron chi connectivity index (χ1n) is 12.3. The van der Waals surface area contributed by atoms with Crippen LogP contribution in [0.3, 0.4) is 0 Å². The Hall–Kier alpha value is -2.62. The first kappa shape index (κ1) is 26.6. The zero-order chi connectivity index (χ0) is 24.5. The van der Waals surface area contributed by atoms with Crippen molar-refractivity contribution in [2.75, 3.05) is 0 Å². The minimum atomic E-state index is -0.332. The maximum absolute atomic E-state index is 12.8. The summed E-state index contributed by atoms with van der Waals surface area (Å²) >= 11 is 0. The lowest BCUT2D eigenvalue weighted by Crippen LogP contribution is -2.37. The van der Waals surface area contributed by atoms with Crippen LogP contribution >= 0.6 is 0 Å². The summed E-state index contributed by atoms with van der Waals surface area (Å²) in [5.74, 6) is 0.0777. The molecule has 0 N–H and O–H groups in total. The first-order valence-corrected chi connectivity index (χ1v) is 12.3. The van der Waals surface area contributed by atoms with E-state index in [4.69, 9.17) is 9.47 Å². The number of hydrogen-bond acceptors (Lipinski definition) is 4. The van der Waals surface area contributed by atoms with Crippen molar-refractivity contribution in [3.05, 3.63) is 70.8 Å². The Morgan fingerprint density at radius 3 is 1.18 bits per heavy atom. The molecule has 0 aliphatic heterocycles. The minimum Gasteiger partial charge on any atom is -0.458 e. The molecule has 0 fully saturated rings. The lowest BCUT2D eigenvalue weighted by molar-refractivity contribution is -0.0362. The highest BCUT2D eigenvalue weighted by Crippen LogP contribution is 2.27. The molecule has 4 nitrogen and oxygen atoms in total. The molecule has 0 aliphatic rings. The highest BCUT2D eigenvalue weighted by molar-refractivity contribution is 5.90. The van der Waals surface area contributed by atoms with Gasteiger partial charge in [0, 0.05) is 5.92 Å². The van der Waals surface area contributed by atoms with Gasteiger partial charge in [-0.25, -0.2) is 9.59 Å². The molecule has 0 bridgehead atoms. The van der Waals surface area contributed by atoms with Crippen LogP contribution in [-0.2, 0) is 9.47 Å². The van der Waals surface area contributed by atoms with E-state index in [0.717, 1.165) is 6.42 Å². The van der Waals surface area contributed by atoms with Gasteiger partial charge >= 0.3 is 11.9 Å². The van der Waals surface area contributed by atoms with E-state index in [1.165, 1.54) is 11.1 Å². The summed E-state index contributed by atoms with van der Waals surface area (Å²) in [5.41, 5.74) is 3.46. The van der Waals surface area contributed by atoms with Gasteiger partial charge in [-0.05, 0) is 66.5 Å². The predicted octanol–water partition coefficient (Wildman–Crippen LogP) is 7.53. The van der Waals surface area contributed by atoms with Crippen molar-refractivity contribution in [1.29, 1.82) is 0 Å². The fraction of sp³-hybridized carbons (Fsp3) is 0.517. The lowest BCUT2D eigenvalue weighted by Gasteiger charge is -2.31. The largest absolute Gasteiger partial charge is 0.458 e. The van der Waals surface area contributed by atoms with E-state index in [0.29, 0.717) is 35.8 Å². The molecule has 33 heavy (non-hydrogen) atoms. The highest BCUT2D eigenvalue weighted by atomic mass is 16.6. The molecule has 2 aromatic carbocycles. The average molecular weight is 453 g/mol. The van der Waals surface area contributed by atoms with E-state index in [2.05, 4.69) is 27.7 Å². The number of esters is 2. The fourth-order valence-corrected chi connectivity index (χ4v) is 4.13. The molecule has 180 valence electrons. The first-order chi connectivity index (χ1) is 15.7. The molecular weight excluding hydrogens is 412 g/mol.